The molecule has 25 heavy (non-hydrogen) atoms. The van der Waals surface area contributed by atoms with E-state index in [-0.39, 0.29) is 0 Å². The van der Waals surface area contributed by atoms with Gasteiger partial charge in [-0.05, 0) is 31.5 Å². The first-order chi connectivity index (χ1) is 12.2. The van der Waals surface area contributed by atoms with E-state index < -0.39 is 0 Å². The predicted octanol–water partition coefficient (Wildman–Crippen LogP) is 2.63. The number of benzene rings is 1. The summed E-state index contributed by atoms with van der Waals surface area (Å²) in [6, 6.07) is 12.0. The Morgan fingerprint density at radius 3 is 2.92 bits per heavy atom. The van der Waals surface area contributed by atoms with Crippen molar-refractivity contribution < 1.29 is 4.42 Å². The third-order valence-electron chi connectivity index (χ3n) is 3.54. The Morgan fingerprint density at radius 1 is 1.24 bits per heavy atom. The lowest BCUT2D eigenvalue weighted by Gasteiger charge is -2.10. The number of rotatable bonds is 6. The molecule has 3 aromatic rings. The molecule has 0 unspecified atom stereocenters. The average molecular weight is 338 g/mol. The van der Waals surface area contributed by atoms with Crippen LogP contribution >= 0.6 is 0 Å². The lowest BCUT2D eigenvalue weighted by atomic mass is 10.1. The molecule has 130 valence electrons. The normalized spacial score (nSPS) is 11.5. The Balaban J connectivity index is 1.61. The Bertz CT molecular complexity index is 822. The number of hydrogen-bond acceptors (Lipinski definition) is 4. The first kappa shape index (κ1) is 16.8. The third kappa shape index (κ3) is 4.69. The second-order valence-electron chi connectivity index (χ2n) is 5.62. The van der Waals surface area contributed by atoms with Crippen molar-refractivity contribution in [1.29, 1.82) is 0 Å². The summed E-state index contributed by atoms with van der Waals surface area (Å²) in [7, 11) is 0. The molecule has 3 N–H and O–H groups in total. The monoisotopic (exact) mass is 338 g/mol. The molecule has 0 amide bonds. The summed E-state index contributed by atoms with van der Waals surface area (Å²) < 4.78 is 5.29. The lowest BCUT2D eigenvalue weighted by molar-refractivity contribution is 0.577. The minimum absolute atomic E-state index is 0.493. The number of aliphatic imine (C=N–C) groups is 1. The summed E-state index contributed by atoms with van der Waals surface area (Å²) >= 11 is 0. The number of hydrogen-bond donors (Lipinski definition) is 3. The van der Waals surface area contributed by atoms with E-state index >= 15 is 0 Å². The maximum atomic E-state index is 5.29. The second kappa shape index (κ2) is 8.14. The van der Waals surface area contributed by atoms with Crippen LogP contribution in [0.15, 0.2) is 52.1 Å². The van der Waals surface area contributed by atoms with Gasteiger partial charge >= 0.3 is 0 Å². The zero-order chi connectivity index (χ0) is 17.5. The number of aryl methyl sites for hydroxylation is 1. The zero-order valence-electron chi connectivity index (χ0n) is 14.4. The predicted molar refractivity (Wildman–Crippen MR) is 96.9 cm³/mol. The van der Waals surface area contributed by atoms with Crippen molar-refractivity contribution in [3.63, 3.8) is 0 Å². The summed E-state index contributed by atoms with van der Waals surface area (Å²) in [6.45, 7) is 6.01. The van der Waals surface area contributed by atoms with E-state index in [2.05, 4.69) is 55.9 Å². The van der Waals surface area contributed by atoms with Gasteiger partial charge in [0.15, 0.2) is 11.7 Å². The molecule has 7 heteroatoms. The van der Waals surface area contributed by atoms with Crippen LogP contribution in [0.25, 0.3) is 11.6 Å². The lowest BCUT2D eigenvalue weighted by Crippen LogP contribution is -2.37. The third-order valence-corrected chi connectivity index (χ3v) is 3.54. The molecule has 2 aromatic heterocycles. The maximum Gasteiger partial charge on any atom is 0.216 e. The van der Waals surface area contributed by atoms with Crippen LogP contribution in [0.5, 0.6) is 0 Å². The number of nitrogens with one attached hydrogen (secondary N) is 3. The van der Waals surface area contributed by atoms with Crippen molar-refractivity contribution in [3.05, 3.63) is 59.6 Å². The Hall–Kier alpha value is -3.09. The first-order valence-corrected chi connectivity index (χ1v) is 8.27. The van der Waals surface area contributed by atoms with Gasteiger partial charge in [0, 0.05) is 6.54 Å². The standard InChI is InChI=1S/C18H22N6O/c1-3-19-18(20-11-14-7-4-6-13(2)10-14)21-12-16-22-17(24-23-16)15-8-5-9-25-15/h4-10H,3,11-12H2,1-2H3,(H2,19,20,21)(H,22,23,24). The molecule has 0 aliphatic carbocycles. The summed E-state index contributed by atoms with van der Waals surface area (Å²) in [6.07, 6.45) is 1.60. The van der Waals surface area contributed by atoms with Gasteiger partial charge in [-0.2, -0.15) is 0 Å². The number of furan rings is 1. The van der Waals surface area contributed by atoms with E-state index in [4.69, 9.17) is 4.42 Å². The smallest absolute Gasteiger partial charge is 0.216 e. The van der Waals surface area contributed by atoms with Gasteiger partial charge in [0.05, 0.1) is 19.4 Å². The van der Waals surface area contributed by atoms with Crippen LogP contribution < -0.4 is 10.6 Å². The molecule has 0 radical (unpaired) electrons. The van der Waals surface area contributed by atoms with Crippen molar-refractivity contribution in [2.45, 2.75) is 26.9 Å². The minimum Gasteiger partial charge on any atom is -0.461 e. The van der Waals surface area contributed by atoms with Gasteiger partial charge in [-0.1, -0.05) is 29.8 Å². The number of H-pyrrole nitrogens is 1. The van der Waals surface area contributed by atoms with Gasteiger partial charge < -0.3 is 15.1 Å². The molecule has 3 rings (SSSR count). The van der Waals surface area contributed by atoms with Crippen molar-refractivity contribution in [3.8, 4) is 11.6 Å². The van der Waals surface area contributed by atoms with Gasteiger partial charge in [-0.15, -0.1) is 5.10 Å². The van der Waals surface area contributed by atoms with Crippen LogP contribution in [0.1, 0.15) is 23.9 Å². The van der Waals surface area contributed by atoms with Crippen LogP contribution in [0.2, 0.25) is 0 Å². The Labute approximate surface area is 146 Å². The highest BCUT2D eigenvalue weighted by Crippen LogP contribution is 2.14. The van der Waals surface area contributed by atoms with E-state index in [0.29, 0.717) is 30.5 Å². The number of aromatic nitrogens is 3. The number of nitrogens with zero attached hydrogens (tertiary/aromatic N) is 3. The largest absolute Gasteiger partial charge is 0.461 e. The fourth-order valence-corrected chi connectivity index (χ4v) is 2.38. The van der Waals surface area contributed by atoms with Gasteiger partial charge in [0.1, 0.15) is 5.82 Å². The first-order valence-electron chi connectivity index (χ1n) is 8.27. The molecular formula is C18H22N6O. The van der Waals surface area contributed by atoms with Crippen molar-refractivity contribution >= 4 is 5.96 Å². The highest BCUT2D eigenvalue weighted by Gasteiger charge is 2.08. The zero-order valence-corrected chi connectivity index (χ0v) is 14.4. The summed E-state index contributed by atoms with van der Waals surface area (Å²) in [5.74, 6) is 2.64. The minimum atomic E-state index is 0.493. The highest BCUT2D eigenvalue weighted by molar-refractivity contribution is 5.79. The number of guanidine groups is 1. The molecule has 0 saturated heterocycles. The summed E-state index contributed by atoms with van der Waals surface area (Å²) in [4.78, 5) is 9.02. The summed E-state index contributed by atoms with van der Waals surface area (Å²) in [5.41, 5.74) is 2.41. The van der Waals surface area contributed by atoms with E-state index in [1.807, 2.05) is 25.1 Å². The van der Waals surface area contributed by atoms with Gasteiger partial charge in [0.25, 0.3) is 0 Å². The van der Waals surface area contributed by atoms with Crippen LogP contribution in [-0.2, 0) is 13.1 Å². The molecule has 0 aliphatic rings. The Kier molecular flexibility index (Phi) is 5.46. The fraction of sp³-hybridized carbons (Fsp3) is 0.278. The van der Waals surface area contributed by atoms with Crippen LogP contribution in [0, 0.1) is 6.92 Å². The molecule has 0 spiro atoms. The van der Waals surface area contributed by atoms with E-state index in [1.165, 1.54) is 11.1 Å². The van der Waals surface area contributed by atoms with Crippen LogP contribution in [0.3, 0.4) is 0 Å². The van der Waals surface area contributed by atoms with Gasteiger partial charge in [0.2, 0.25) is 5.82 Å². The average Bonchev–Trinajstić information content (AvgIpc) is 3.28. The quantitative estimate of drug-likeness (QED) is 0.475. The van der Waals surface area contributed by atoms with Crippen molar-refractivity contribution in [1.82, 2.24) is 25.8 Å². The maximum absolute atomic E-state index is 5.29. The molecule has 0 fully saturated rings. The van der Waals surface area contributed by atoms with Gasteiger partial charge in [-0.3, -0.25) is 5.10 Å². The van der Waals surface area contributed by atoms with Crippen molar-refractivity contribution in [2.75, 3.05) is 6.54 Å². The van der Waals surface area contributed by atoms with E-state index in [9.17, 15) is 0 Å². The van der Waals surface area contributed by atoms with Gasteiger partial charge in [-0.25, -0.2) is 9.98 Å². The Morgan fingerprint density at radius 2 is 2.16 bits per heavy atom. The van der Waals surface area contributed by atoms with E-state index in [0.717, 1.165) is 12.5 Å². The fourth-order valence-electron chi connectivity index (χ4n) is 2.38. The molecule has 0 saturated carbocycles. The molecule has 2 heterocycles. The van der Waals surface area contributed by atoms with Crippen molar-refractivity contribution in [2.24, 2.45) is 4.99 Å². The molecular weight excluding hydrogens is 316 g/mol. The van der Waals surface area contributed by atoms with Crippen LogP contribution in [-0.4, -0.2) is 27.7 Å². The molecule has 0 bridgehead atoms. The molecule has 0 aliphatic heterocycles. The van der Waals surface area contributed by atoms with Crippen LogP contribution in [0.4, 0.5) is 0 Å². The summed E-state index contributed by atoms with van der Waals surface area (Å²) in [5, 5.41) is 13.5. The topological polar surface area (TPSA) is 91.1 Å². The van der Waals surface area contributed by atoms with E-state index in [1.54, 1.807) is 6.26 Å². The second-order valence-corrected chi connectivity index (χ2v) is 5.62. The number of aromatic amines is 1. The molecule has 7 nitrogen and oxygen atoms in total. The SMILES string of the molecule is CCNC(=NCc1cccc(C)c1)NCc1nc(-c2ccco2)n[nH]1. The molecule has 1 aromatic carbocycles. The highest BCUT2D eigenvalue weighted by atomic mass is 16.3. The molecule has 0 atom stereocenters.